The monoisotopic (exact) mass is 468 g/mol. The molecule has 1 N–H and O–H groups in total. The number of aromatic nitrogens is 3. The maximum atomic E-state index is 13.0. The predicted octanol–water partition coefficient (Wildman–Crippen LogP) is 4.46. The second kappa shape index (κ2) is 8.61. The van der Waals surface area contributed by atoms with Gasteiger partial charge in [-0.1, -0.05) is 41.4 Å². The Balaban J connectivity index is 1.70. The van der Waals surface area contributed by atoms with Crippen molar-refractivity contribution in [3.8, 4) is 0 Å². The molecule has 0 radical (unpaired) electrons. The zero-order chi connectivity index (χ0) is 23.0. The third kappa shape index (κ3) is 4.04. The first-order chi connectivity index (χ1) is 15.3. The fourth-order valence-electron chi connectivity index (χ4n) is 3.61. The van der Waals surface area contributed by atoms with Gasteiger partial charge in [0.2, 0.25) is 12.4 Å². The van der Waals surface area contributed by atoms with Gasteiger partial charge < -0.3 is 15.1 Å². The number of Topliss-reactive ketones (excluding diaryl/α,β-unsaturated/α-hetero) is 1. The smallest absolute Gasteiger partial charge is 0.296 e. The number of nitrogens with zero attached hydrogens (tertiary/aromatic N) is 3. The average molecular weight is 469 g/mol. The summed E-state index contributed by atoms with van der Waals surface area (Å²) >= 11 is 12.0. The van der Waals surface area contributed by atoms with Crippen molar-refractivity contribution in [3.05, 3.63) is 92.6 Å². The summed E-state index contributed by atoms with van der Waals surface area (Å²) in [5.74, 6) is -1.69. The van der Waals surface area contributed by atoms with Crippen LogP contribution < -0.4 is 10.0 Å². The van der Waals surface area contributed by atoms with E-state index in [-0.39, 0.29) is 21.3 Å². The Morgan fingerprint density at radius 1 is 1.09 bits per heavy atom. The van der Waals surface area contributed by atoms with Crippen molar-refractivity contribution in [2.24, 2.45) is 0 Å². The van der Waals surface area contributed by atoms with Crippen LogP contribution in [0, 0.1) is 19.1 Å². The molecule has 0 aliphatic rings. The topological polar surface area (TPSA) is 90.9 Å². The van der Waals surface area contributed by atoms with Gasteiger partial charge in [-0.25, -0.2) is 4.98 Å². The summed E-state index contributed by atoms with van der Waals surface area (Å²) in [7, 11) is 0. The van der Waals surface area contributed by atoms with Gasteiger partial charge in [0.05, 0.1) is 11.3 Å². The minimum Gasteiger partial charge on any atom is -0.619 e. The van der Waals surface area contributed by atoms with Gasteiger partial charge in [0.1, 0.15) is 15.7 Å². The third-order valence-corrected chi connectivity index (χ3v) is 5.83. The lowest BCUT2D eigenvalue weighted by atomic mass is 10.0. The molecule has 1 amide bonds. The zero-order valence-electron chi connectivity index (χ0n) is 17.2. The minimum absolute atomic E-state index is 0.00354. The Hall–Kier alpha value is -3.42. The molecule has 0 atom stereocenters. The number of fused-ring (bicyclic) bond motifs is 1. The summed E-state index contributed by atoms with van der Waals surface area (Å²) in [6.07, 6.45) is 5.34. The molecule has 0 saturated carbocycles. The van der Waals surface area contributed by atoms with E-state index < -0.39 is 11.7 Å². The van der Waals surface area contributed by atoms with Crippen LogP contribution in [0.5, 0.6) is 0 Å². The fourth-order valence-corrected chi connectivity index (χ4v) is 4.15. The number of nitrogens with one attached hydrogen (secondary N) is 1. The van der Waals surface area contributed by atoms with E-state index in [0.29, 0.717) is 22.3 Å². The molecule has 32 heavy (non-hydrogen) atoms. The van der Waals surface area contributed by atoms with Crippen LogP contribution in [0.25, 0.3) is 11.0 Å². The molecule has 1 aromatic carbocycles. The first-order valence-corrected chi connectivity index (χ1v) is 10.4. The number of hydrogen-bond donors (Lipinski definition) is 1. The first-order valence-electron chi connectivity index (χ1n) is 9.68. The van der Waals surface area contributed by atoms with Gasteiger partial charge in [-0.2, -0.15) is 4.73 Å². The highest BCUT2D eigenvalue weighted by atomic mass is 35.5. The number of amides is 1. The normalized spacial score (nSPS) is 11.0. The van der Waals surface area contributed by atoms with E-state index in [2.05, 4.69) is 10.3 Å². The molecule has 0 aliphatic heterocycles. The van der Waals surface area contributed by atoms with Gasteiger partial charge in [0.25, 0.3) is 11.7 Å². The van der Waals surface area contributed by atoms with Crippen LogP contribution in [0.2, 0.25) is 10.0 Å². The lowest BCUT2D eigenvalue weighted by molar-refractivity contribution is -0.605. The molecule has 9 heteroatoms. The van der Waals surface area contributed by atoms with Crippen LogP contribution in [0.1, 0.15) is 27.0 Å². The standard InChI is InChI=1S/C23H18Cl2N4O3/c1-13-5-3-6-14(2)16(13)9-28-10-17(15-7-4-8-26-22(15)28)21(30)23(31)27-20-18(24)11-29(32)12-19(20)25/h3-8,10-12H,9H2,1-2H3,(H,27,31). The number of ketones is 1. The Kier molecular flexibility index (Phi) is 5.86. The summed E-state index contributed by atoms with van der Waals surface area (Å²) in [5.41, 5.74) is 4.16. The van der Waals surface area contributed by atoms with E-state index in [0.717, 1.165) is 29.1 Å². The number of benzene rings is 1. The summed E-state index contributed by atoms with van der Waals surface area (Å²) in [6.45, 7) is 4.56. The number of carbonyl (C=O) groups is 2. The van der Waals surface area contributed by atoms with Gasteiger partial charge in [0.15, 0.2) is 0 Å². The molecule has 4 rings (SSSR count). The van der Waals surface area contributed by atoms with Crippen molar-refractivity contribution in [2.45, 2.75) is 20.4 Å². The predicted molar refractivity (Wildman–Crippen MR) is 123 cm³/mol. The van der Waals surface area contributed by atoms with E-state index in [4.69, 9.17) is 23.2 Å². The van der Waals surface area contributed by atoms with Crippen LogP contribution in [-0.2, 0) is 11.3 Å². The van der Waals surface area contributed by atoms with Crippen LogP contribution >= 0.6 is 23.2 Å². The second-order valence-electron chi connectivity index (χ2n) is 7.39. The lowest BCUT2D eigenvalue weighted by Gasteiger charge is -2.11. The number of hydrogen-bond acceptors (Lipinski definition) is 4. The highest BCUT2D eigenvalue weighted by molar-refractivity contribution is 6.50. The van der Waals surface area contributed by atoms with E-state index in [1.807, 2.05) is 36.6 Å². The number of aryl methyl sites for hydroxylation is 2. The van der Waals surface area contributed by atoms with E-state index in [1.54, 1.807) is 24.5 Å². The molecule has 0 aliphatic carbocycles. The molecular weight excluding hydrogens is 451 g/mol. The van der Waals surface area contributed by atoms with Gasteiger partial charge in [-0.3, -0.25) is 9.59 Å². The Labute approximate surface area is 193 Å². The summed E-state index contributed by atoms with van der Waals surface area (Å²) in [4.78, 5) is 30.2. The number of halogens is 2. The Morgan fingerprint density at radius 2 is 1.75 bits per heavy atom. The molecule has 0 saturated heterocycles. The Bertz CT molecular complexity index is 1340. The molecule has 0 unspecified atom stereocenters. The highest BCUT2D eigenvalue weighted by Gasteiger charge is 2.25. The van der Waals surface area contributed by atoms with Crippen molar-refractivity contribution in [2.75, 3.05) is 5.32 Å². The van der Waals surface area contributed by atoms with Crippen molar-refractivity contribution in [3.63, 3.8) is 0 Å². The number of carbonyl (C=O) groups excluding carboxylic acids is 2. The molecule has 7 nitrogen and oxygen atoms in total. The van der Waals surface area contributed by atoms with Crippen LogP contribution in [0.3, 0.4) is 0 Å². The third-order valence-electron chi connectivity index (χ3n) is 5.25. The van der Waals surface area contributed by atoms with E-state index in [9.17, 15) is 14.8 Å². The minimum atomic E-state index is -0.924. The van der Waals surface area contributed by atoms with Crippen molar-refractivity contribution >= 4 is 51.6 Å². The summed E-state index contributed by atoms with van der Waals surface area (Å²) < 4.78 is 2.27. The van der Waals surface area contributed by atoms with Crippen LogP contribution in [0.15, 0.2) is 55.1 Å². The molecule has 4 aromatic rings. The lowest BCUT2D eigenvalue weighted by Crippen LogP contribution is -2.27. The highest BCUT2D eigenvalue weighted by Crippen LogP contribution is 2.29. The molecular formula is C23H18Cl2N4O3. The molecule has 162 valence electrons. The van der Waals surface area contributed by atoms with E-state index in [1.165, 1.54) is 0 Å². The average Bonchev–Trinajstić information content (AvgIpc) is 3.11. The molecule has 0 spiro atoms. The van der Waals surface area contributed by atoms with Crippen molar-refractivity contribution < 1.29 is 14.3 Å². The van der Waals surface area contributed by atoms with Gasteiger partial charge >= 0.3 is 0 Å². The molecule has 3 heterocycles. The summed E-state index contributed by atoms with van der Waals surface area (Å²) in [6, 6.07) is 9.50. The maximum absolute atomic E-state index is 13.0. The maximum Gasteiger partial charge on any atom is 0.296 e. The van der Waals surface area contributed by atoms with Crippen LogP contribution in [-0.4, -0.2) is 21.2 Å². The first kappa shape index (κ1) is 21.8. The number of rotatable bonds is 5. The Morgan fingerprint density at radius 3 is 2.41 bits per heavy atom. The van der Waals surface area contributed by atoms with Crippen LogP contribution in [0.4, 0.5) is 5.69 Å². The zero-order valence-corrected chi connectivity index (χ0v) is 18.7. The van der Waals surface area contributed by atoms with Gasteiger partial charge in [0, 0.05) is 24.3 Å². The fraction of sp³-hybridized carbons (Fsp3) is 0.130. The quantitative estimate of drug-likeness (QED) is 0.202. The van der Waals surface area contributed by atoms with Crippen molar-refractivity contribution in [1.29, 1.82) is 0 Å². The molecule has 0 bridgehead atoms. The largest absolute Gasteiger partial charge is 0.619 e. The van der Waals surface area contributed by atoms with Gasteiger partial charge in [-0.05, 0) is 42.7 Å². The molecule has 3 aromatic heterocycles. The van der Waals surface area contributed by atoms with Gasteiger partial charge in [-0.15, -0.1) is 0 Å². The second-order valence-corrected chi connectivity index (χ2v) is 8.20. The SMILES string of the molecule is Cc1cccc(C)c1Cn1cc(C(=O)C(=O)Nc2c(Cl)c[n+]([O-])cc2Cl)c2cccnc21. The van der Waals surface area contributed by atoms with Crippen molar-refractivity contribution in [1.82, 2.24) is 9.55 Å². The summed E-state index contributed by atoms with van der Waals surface area (Å²) in [5, 5.41) is 14.2. The molecule has 0 fully saturated rings. The van der Waals surface area contributed by atoms with E-state index >= 15 is 0 Å². The number of anilines is 1. The number of pyridine rings is 2.